The van der Waals surface area contributed by atoms with Crippen molar-refractivity contribution in [3.63, 3.8) is 0 Å². The van der Waals surface area contributed by atoms with Crippen molar-refractivity contribution in [1.82, 2.24) is 15.0 Å². The maximum absolute atomic E-state index is 13.5. The lowest BCUT2D eigenvalue weighted by Gasteiger charge is -2.24. The fraction of sp³-hybridized carbons (Fsp3) is 0.238. The van der Waals surface area contributed by atoms with E-state index in [9.17, 15) is 19.5 Å². The second-order valence-electron chi connectivity index (χ2n) is 7.01. The molecule has 0 spiro atoms. The molecule has 1 atom stereocenters. The summed E-state index contributed by atoms with van der Waals surface area (Å²) in [6.07, 6.45) is 3.08. The van der Waals surface area contributed by atoms with Gasteiger partial charge in [-0.3, -0.25) is 19.5 Å². The number of nitrogens with zero attached hydrogens (tertiary/aromatic N) is 4. The zero-order valence-corrected chi connectivity index (χ0v) is 19.2. The van der Waals surface area contributed by atoms with E-state index in [1.807, 2.05) is 0 Å². The molecule has 0 aliphatic carbocycles. The Morgan fingerprint density at radius 2 is 1.84 bits per heavy atom. The highest BCUT2D eigenvalue weighted by Crippen LogP contribution is 2.44. The number of anilines is 1. The number of thiazole rings is 2. The van der Waals surface area contributed by atoms with E-state index in [1.54, 1.807) is 39.1 Å². The average Bonchev–Trinajstić information content (AvgIpc) is 3.41. The molecule has 1 unspecified atom stereocenters. The summed E-state index contributed by atoms with van der Waals surface area (Å²) in [5, 5.41) is 11.7. The lowest BCUT2D eigenvalue weighted by atomic mass is 9.96. The Morgan fingerprint density at radius 3 is 2.44 bits per heavy atom. The molecule has 1 aliphatic rings. The third kappa shape index (κ3) is 3.49. The number of Topliss-reactive ketones (excluding diaryl/α,β-unsaturated/α-hetero) is 1. The van der Waals surface area contributed by atoms with Crippen LogP contribution >= 0.6 is 22.7 Å². The van der Waals surface area contributed by atoms with Crippen molar-refractivity contribution < 1.29 is 24.2 Å². The number of rotatable bonds is 5. The van der Waals surface area contributed by atoms with Crippen LogP contribution in [0.5, 0.6) is 0 Å². The first-order chi connectivity index (χ1) is 15.2. The number of aromatic nitrogens is 3. The molecule has 3 aromatic heterocycles. The molecule has 0 aromatic carbocycles. The summed E-state index contributed by atoms with van der Waals surface area (Å²) in [5.74, 6) is -2.52. The van der Waals surface area contributed by atoms with Gasteiger partial charge in [-0.25, -0.2) is 14.8 Å². The minimum Gasteiger partial charge on any atom is -0.503 e. The van der Waals surface area contributed by atoms with Crippen LogP contribution in [0.1, 0.15) is 47.3 Å². The summed E-state index contributed by atoms with van der Waals surface area (Å²) >= 11 is 2.15. The van der Waals surface area contributed by atoms with Gasteiger partial charge >= 0.3 is 5.97 Å². The maximum atomic E-state index is 13.5. The quantitative estimate of drug-likeness (QED) is 0.444. The van der Waals surface area contributed by atoms with E-state index in [2.05, 4.69) is 15.0 Å². The van der Waals surface area contributed by atoms with Gasteiger partial charge in [0.05, 0.1) is 40.0 Å². The molecule has 1 amide bonds. The van der Waals surface area contributed by atoms with Crippen LogP contribution in [0.15, 0.2) is 35.9 Å². The third-order valence-corrected chi connectivity index (χ3v) is 7.13. The number of aryl methyl sites for hydroxylation is 3. The van der Waals surface area contributed by atoms with Crippen LogP contribution in [0.2, 0.25) is 0 Å². The fourth-order valence-electron chi connectivity index (χ4n) is 3.52. The summed E-state index contributed by atoms with van der Waals surface area (Å²) in [7, 11) is 1.25. The molecule has 0 saturated carbocycles. The van der Waals surface area contributed by atoms with Crippen molar-refractivity contribution in [3.8, 4) is 0 Å². The summed E-state index contributed by atoms with van der Waals surface area (Å²) in [6.45, 7) is 5.10. The normalized spacial score (nSPS) is 16.1. The minimum atomic E-state index is -0.971. The van der Waals surface area contributed by atoms with Gasteiger partial charge in [0, 0.05) is 12.4 Å². The van der Waals surface area contributed by atoms with E-state index >= 15 is 0 Å². The van der Waals surface area contributed by atoms with Crippen LogP contribution in [0, 0.1) is 20.8 Å². The second-order valence-corrected chi connectivity index (χ2v) is 9.19. The molecule has 4 rings (SSSR count). The number of ether oxygens (including phenoxy) is 1. The highest BCUT2D eigenvalue weighted by Gasteiger charge is 2.47. The van der Waals surface area contributed by atoms with E-state index in [1.165, 1.54) is 29.5 Å². The van der Waals surface area contributed by atoms with Crippen LogP contribution in [0.3, 0.4) is 0 Å². The van der Waals surface area contributed by atoms with Crippen molar-refractivity contribution in [2.45, 2.75) is 26.8 Å². The van der Waals surface area contributed by atoms with Crippen molar-refractivity contribution in [3.05, 3.63) is 67.6 Å². The molecule has 0 bridgehead atoms. The summed E-state index contributed by atoms with van der Waals surface area (Å²) in [6, 6.07) is 2.41. The first kappa shape index (κ1) is 21.8. The van der Waals surface area contributed by atoms with Gasteiger partial charge in [-0.1, -0.05) is 17.4 Å². The van der Waals surface area contributed by atoms with Crippen molar-refractivity contribution >= 4 is 45.5 Å². The molecule has 164 valence electrons. The number of ketones is 1. The Bertz CT molecular complexity index is 1280. The van der Waals surface area contributed by atoms with Crippen LogP contribution < -0.4 is 4.90 Å². The Hall–Kier alpha value is -3.44. The van der Waals surface area contributed by atoms with Crippen molar-refractivity contribution in [2.75, 3.05) is 12.0 Å². The first-order valence-electron chi connectivity index (χ1n) is 9.45. The van der Waals surface area contributed by atoms with Crippen LogP contribution in [0.25, 0.3) is 0 Å². The van der Waals surface area contributed by atoms with E-state index < -0.39 is 29.5 Å². The molecular formula is C21H18N4O5S2. The highest BCUT2D eigenvalue weighted by atomic mass is 32.1. The van der Waals surface area contributed by atoms with Gasteiger partial charge in [0.25, 0.3) is 5.91 Å². The molecule has 0 radical (unpaired) electrons. The number of carbonyl (C=O) groups is 3. The predicted octanol–water partition coefficient (Wildman–Crippen LogP) is 3.49. The number of amides is 1. The fourth-order valence-corrected chi connectivity index (χ4v) is 5.41. The topological polar surface area (TPSA) is 123 Å². The molecule has 9 nitrogen and oxygen atoms in total. The van der Waals surface area contributed by atoms with Gasteiger partial charge in [0.2, 0.25) is 5.78 Å². The molecule has 1 N–H and O–H groups in total. The number of aliphatic hydroxyl groups is 1. The smallest absolute Gasteiger partial charge is 0.350 e. The molecule has 32 heavy (non-hydrogen) atoms. The first-order valence-corrected chi connectivity index (χ1v) is 11.1. The lowest BCUT2D eigenvalue weighted by Crippen LogP contribution is -2.31. The second kappa shape index (κ2) is 8.24. The number of esters is 1. The molecule has 4 heterocycles. The van der Waals surface area contributed by atoms with Crippen LogP contribution in [-0.4, -0.2) is 44.8 Å². The summed E-state index contributed by atoms with van der Waals surface area (Å²) in [4.78, 5) is 53.3. The van der Waals surface area contributed by atoms with Gasteiger partial charge in [0.15, 0.2) is 10.9 Å². The van der Waals surface area contributed by atoms with Gasteiger partial charge < -0.3 is 9.84 Å². The Kier molecular flexibility index (Phi) is 5.61. The predicted molar refractivity (Wildman–Crippen MR) is 118 cm³/mol. The van der Waals surface area contributed by atoms with E-state index in [0.717, 1.165) is 11.3 Å². The standard InChI is InChI=1S/C21H18N4O5S2/c1-9-17(31-11(3)23-9)15(26)13-14(12-6-5-7-22-8-12)25(19(28)16(13)27)21-24-10(2)18(32-21)20(29)30-4/h5-8,14,27H,1-4H3. The van der Waals surface area contributed by atoms with Gasteiger partial charge in [-0.2, -0.15) is 0 Å². The zero-order valence-electron chi connectivity index (χ0n) is 17.6. The number of carbonyl (C=O) groups excluding carboxylic acids is 3. The number of hydrogen-bond acceptors (Lipinski definition) is 10. The van der Waals surface area contributed by atoms with Gasteiger partial charge in [-0.05, 0) is 32.4 Å². The van der Waals surface area contributed by atoms with Gasteiger partial charge in [-0.15, -0.1) is 11.3 Å². The maximum Gasteiger partial charge on any atom is 0.350 e. The average molecular weight is 471 g/mol. The number of hydrogen-bond donors (Lipinski definition) is 1. The Balaban J connectivity index is 1.88. The molecule has 3 aromatic rings. The highest BCUT2D eigenvalue weighted by molar-refractivity contribution is 7.17. The molecular weight excluding hydrogens is 452 g/mol. The summed E-state index contributed by atoms with van der Waals surface area (Å²) < 4.78 is 4.78. The van der Waals surface area contributed by atoms with E-state index in [4.69, 9.17) is 4.74 Å². The number of methoxy groups -OCH3 is 1. The Morgan fingerprint density at radius 1 is 1.12 bits per heavy atom. The molecule has 11 heteroatoms. The monoisotopic (exact) mass is 470 g/mol. The Labute approximate surface area is 191 Å². The number of aliphatic hydroxyl groups excluding tert-OH is 1. The van der Waals surface area contributed by atoms with E-state index in [-0.39, 0.29) is 15.6 Å². The van der Waals surface area contributed by atoms with Crippen LogP contribution in [0.4, 0.5) is 5.13 Å². The van der Waals surface area contributed by atoms with Crippen molar-refractivity contribution in [1.29, 1.82) is 0 Å². The third-order valence-electron chi connectivity index (χ3n) is 4.92. The summed E-state index contributed by atoms with van der Waals surface area (Å²) in [5.41, 5.74) is 1.33. The van der Waals surface area contributed by atoms with Crippen molar-refractivity contribution in [2.24, 2.45) is 0 Å². The SMILES string of the molecule is COC(=O)c1sc(N2C(=O)C(O)=C(C(=O)c3sc(C)nc3C)C2c2cccnc2)nc1C. The molecule has 1 aliphatic heterocycles. The molecule has 0 fully saturated rings. The molecule has 0 saturated heterocycles. The minimum absolute atomic E-state index is 0.0813. The van der Waals surface area contributed by atoms with Crippen LogP contribution in [-0.2, 0) is 9.53 Å². The van der Waals surface area contributed by atoms with Gasteiger partial charge in [0.1, 0.15) is 4.88 Å². The lowest BCUT2D eigenvalue weighted by molar-refractivity contribution is -0.117. The number of pyridine rings is 1. The zero-order chi connectivity index (χ0) is 23.2. The largest absolute Gasteiger partial charge is 0.503 e. The van der Waals surface area contributed by atoms with E-state index in [0.29, 0.717) is 26.8 Å².